The predicted molar refractivity (Wildman–Crippen MR) is 107 cm³/mol. The lowest BCUT2D eigenvalue weighted by Crippen LogP contribution is -2.34. The molecule has 29 heavy (non-hydrogen) atoms. The zero-order chi connectivity index (χ0) is 21.0. The highest BCUT2D eigenvalue weighted by Gasteiger charge is 2.38. The van der Waals surface area contributed by atoms with Crippen LogP contribution in [-0.2, 0) is 16.0 Å². The zero-order valence-electron chi connectivity index (χ0n) is 16.4. The summed E-state index contributed by atoms with van der Waals surface area (Å²) in [6, 6.07) is 4.04. The van der Waals surface area contributed by atoms with E-state index in [1.807, 2.05) is 13.0 Å². The number of hydrogen-bond donors (Lipinski definition) is 2. The monoisotopic (exact) mass is 418 g/mol. The highest BCUT2D eigenvalue weighted by Crippen LogP contribution is 2.28. The van der Waals surface area contributed by atoms with E-state index in [4.69, 9.17) is 9.47 Å². The molecule has 0 bridgehead atoms. The van der Waals surface area contributed by atoms with Crippen molar-refractivity contribution in [1.29, 1.82) is 0 Å². The van der Waals surface area contributed by atoms with Gasteiger partial charge in [0.2, 0.25) is 5.91 Å². The normalized spacial score (nSPS) is 16.0. The summed E-state index contributed by atoms with van der Waals surface area (Å²) in [6.07, 6.45) is 1.96. The molecule has 0 aliphatic carbocycles. The van der Waals surface area contributed by atoms with Crippen molar-refractivity contribution in [1.82, 2.24) is 15.2 Å². The number of nitrogens with one attached hydrogen (secondary N) is 2. The molecule has 9 nitrogen and oxygen atoms in total. The maximum atomic E-state index is 12.6. The number of aromatic nitrogens is 1. The van der Waals surface area contributed by atoms with Crippen LogP contribution in [0.5, 0.6) is 11.5 Å². The first-order valence-electron chi connectivity index (χ1n) is 8.96. The number of methoxy groups -OCH3 is 2. The molecule has 1 aromatic heterocycles. The van der Waals surface area contributed by atoms with Gasteiger partial charge in [-0.3, -0.25) is 14.5 Å². The summed E-state index contributed by atoms with van der Waals surface area (Å²) in [5.74, 6) is 0.391. The molecule has 2 aromatic rings. The molecule has 0 radical (unpaired) electrons. The quantitative estimate of drug-likeness (QED) is 0.634. The maximum absolute atomic E-state index is 12.6. The van der Waals surface area contributed by atoms with Gasteiger partial charge in [-0.05, 0) is 31.0 Å². The van der Waals surface area contributed by atoms with Crippen LogP contribution in [0, 0.1) is 6.92 Å². The van der Waals surface area contributed by atoms with Crippen molar-refractivity contribution in [2.24, 2.45) is 0 Å². The number of imide groups is 1. The molecule has 2 heterocycles. The molecule has 2 N–H and O–H groups in total. The molecule has 154 valence electrons. The third-order valence-corrected chi connectivity index (χ3v) is 5.26. The van der Waals surface area contributed by atoms with E-state index >= 15 is 0 Å². The molecule has 1 unspecified atom stereocenters. The van der Waals surface area contributed by atoms with E-state index in [9.17, 15) is 14.4 Å². The van der Waals surface area contributed by atoms with E-state index in [0.29, 0.717) is 23.1 Å². The number of carbonyl (C=O) groups is 3. The Labute approximate surface area is 172 Å². The van der Waals surface area contributed by atoms with Gasteiger partial charge in [0.05, 0.1) is 20.6 Å². The Morgan fingerprint density at radius 1 is 1.28 bits per heavy atom. The van der Waals surface area contributed by atoms with Gasteiger partial charge in [-0.2, -0.15) is 0 Å². The number of anilines is 1. The van der Waals surface area contributed by atoms with Gasteiger partial charge in [0, 0.05) is 17.6 Å². The summed E-state index contributed by atoms with van der Waals surface area (Å²) >= 11 is 1.34. The fraction of sp³-hybridized carbons (Fsp3) is 0.368. The largest absolute Gasteiger partial charge is 0.493 e. The smallest absolute Gasteiger partial charge is 0.324 e. The number of aryl methyl sites for hydroxylation is 1. The highest BCUT2D eigenvalue weighted by molar-refractivity contribution is 7.15. The van der Waals surface area contributed by atoms with E-state index in [0.717, 1.165) is 15.3 Å². The first-order chi connectivity index (χ1) is 13.9. The van der Waals surface area contributed by atoms with E-state index in [2.05, 4.69) is 15.6 Å². The van der Waals surface area contributed by atoms with Crippen LogP contribution in [0.1, 0.15) is 16.9 Å². The molecule has 0 saturated carbocycles. The number of amides is 4. The van der Waals surface area contributed by atoms with Gasteiger partial charge in [-0.15, -0.1) is 11.3 Å². The number of benzene rings is 1. The molecule has 3 rings (SSSR count). The summed E-state index contributed by atoms with van der Waals surface area (Å²) in [7, 11) is 3.10. The van der Waals surface area contributed by atoms with Crippen LogP contribution in [0.3, 0.4) is 0 Å². The number of thiazole rings is 1. The van der Waals surface area contributed by atoms with Crippen LogP contribution < -0.4 is 20.1 Å². The van der Waals surface area contributed by atoms with Crippen LogP contribution in [-0.4, -0.2) is 54.5 Å². The summed E-state index contributed by atoms with van der Waals surface area (Å²) in [5, 5.41) is 5.68. The molecule has 10 heteroatoms. The molecule has 1 aliphatic heterocycles. The Bertz CT molecular complexity index is 929. The Hall–Kier alpha value is -3.14. The van der Waals surface area contributed by atoms with E-state index in [1.54, 1.807) is 32.5 Å². The number of rotatable bonds is 8. The van der Waals surface area contributed by atoms with Gasteiger partial charge in [0.1, 0.15) is 6.04 Å². The second-order valence-electron chi connectivity index (χ2n) is 6.46. The number of hydrogen-bond acceptors (Lipinski definition) is 7. The van der Waals surface area contributed by atoms with Crippen molar-refractivity contribution in [3.8, 4) is 11.5 Å². The van der Waals surface area contributed by atoms with Crippen molar-refractivity contribution in [3.63, 3.8) is 0 Å². The number of carbonyl (C=O) groups excluding carboxylic acids is 3. The molecule has 1 saturated heterocycles. The summed E-state index contributed by atoms with van der Waals surface area (Å²) in [4.78, 5) is 43.0. The first kappa shape index (κ1) is 20.6. The SMILES string of the molecule is COc1ccc(CCN2C(=O)NC(CC(=O)Nc3ncc(C)s3)C2=O)cc1OC. The minimum atomic E-state index is -0.881. The molecular formula is C19H22N4O5S. The lowest BCUT2D eigenvalue weighted by molar-refractivity contribution is -0.129. The van der Waals surface area contributed by atoms with Gasteiger partial charge in [-0.1, -0.05) is 6.07 Å². The molecule has 1 atom stereocenters. The van der Waals surface area contributed by atoms with Crippen LogP contribution in [0.4, 0.5) is 9.93 Å². The average Bonchev–Trinajstić information content (AvgIpc) is 3.22. The number of urea groups is 1. The molecular weight excluding hydrogens is 396 g/mol. The Morgan fingerprint density at radius 2 is 2.03 bits per heavy atom. The molecule has 1 aliphatic rings. The van der Waals surface area contributed by atoms with Crippen molar-refractivity contribution < 1.29 is 23.9 Å². The number of ether oxygens (including phenoxy) is 2. The highest BCUT2D eigenvalue weighted by atomic mass is 32.1. The van der Waals surface area contributed by atoms with Gasteiger partial charge < -0.3 is 20.1 Å². The number of nitrogens with zero attached hydrogens (tertiary/aromatic N) is 2. The molecule has 1 fully saturated rings. The fourth-order valence-corrected chi connectivity index (χ4v) is 3.65. The summed E-state index contributed by atoms with van der Waals surface area (Å²) in [6.45, 7) is 2.08. The average molecular weight is 418 g/mol. The zero-order valence-corrected chi connectivity index (χ0v) is 17.2. The van der Waals surface area contributed by atoms with Crippen molar-refractivity contribution in [2.45, 2.75) is 25.8 Å². The summed E-state index contributed by atoms with van der Waals surface area (Å²) < 4.78 is 10.5. The Morgan fingerprint density at radius 3 is 2.69 bits per heavy atom. The van der Waals surface area contributed by atoms with Crippen LogP contribution in [0.2, 0.25) is 0 Å². The third-order valence-electron chi connectivity index (χ3n) is 4.44. The summed E-state index contributed by atoms with van der Waals surface area (Å²) in [5.41, 5.74) is 0.892. The lowest BCUT2D eigenvalue weighted by atomic mass is 10.1. The first-order valence-corrected chi connectivity index (χ1v) is 9.78. The lowest BCUT2D eigenvalue weighted by Gasteiger charge is -2.14. The van der Waals surface area contributed by atoms with Crippen molar-refractivity contribution in [2.75, 3.05) is 26.1 Å². The molecule has 4 amide bonds. The maximum Gasteiger partial charge on any atom is 0.324 e. The van der Waals surface area contributed by atoms with Gasteiger partial charge in [0.25, 0.3) is 5.91 Å². The Kier molecular flexibility index (Phi) is 6.32. The van der Waals surface area contributed by atoms with Crippen molar-refractivity contribution in [3.05, 3.63) is 34.8 Å². The van der Waals surface area contributed by atoms with Gasteiger partial charge in [0.15, 0.2) is 16.6 Å². The van der Waals surface area contributed by atoms with E-state index in [1.165, 1.54) is 11.3 Å². The fourth-order valence-electron chi connectivity index (χ4n) is 2.97. The topological polar surface area (TPSA) is 110 Å². The van der Waals surface area contributed by atoms with E-state index < -0.39 is 18.0 Å². The van der Waals surface area contributed by atoms with Crippen LogP contribution >= 0.6 is 11.3 Å². The van der Waals surface area contributed by atoms with Crippen LogP contribution in [0.25, 0.3) is 0 Å². The van der Waals surface area contributed by atoms with Crippen LogP contribution in [0.15, 0.2) is 24.4 Å². The van der Waals surface area contributed by atoms with Crippen molar-refractivity contribution >= 4 is 34.3 Å². The van der Waals surface area contributed by atoms with Gasteiger partial charge in [-0.25, -0.2) is 9.78 Å². The standard InChI is InChI=1S/C19H22N4O5S/c1-11-10-20-18(29-11)22-16(24)9-13-17(25)23(19(26)21-13)7-6-12-4-5-14(27-2)15(8-12)28-3/h4-5,8,10,13H,6-7,9H2,1-3H3,(H,21,26)(H,20,22,24). The Balaban J connectivity index is 1.56. The second-order valence-corrected chi connectivity index (χ2v) is 7.69. The third kappa shape index (κ3) is 4.83. The van der Waals surface area contributed by atoms with Gasteiger partial charge >= 0.3 is 6.03 Å². The predicted octanol–water partition coefficient (Wildman–Crippen LogP) is 1.96. The minimum absolute atomic E-state index is 0.143. The molecule has 1 aromatic carbocycles. The second kappa shape index (κ2) is 8.91. The molecule has 0 spiro atoms. The minimum Gasteiger partial charge on any atom is -0.493 e. The van der Waals surface area contributed by atoms with E-state index in [-0.39, 0.29) is 18.9 Å².